The summed E-state index contributed by atoms with van der Waals surface area (Å²) in [4.78, 5) is 0. The van der Waals surface area contributed by atoms with Gasteiger partial charge in [-0.1, -0.05) is 37.6 Å². The third kappa shape index (κ3) is 5.44. The molecule has 0 aromatic carbocycles. The average molecular weight is 322 g/mol. The van der Waals surface area contributed by atoms with Crippen LogP contribution in [0, 0.1) is 11.8 Å². The van der Waals surface area contributed by atoms with Crippen LogP contribution in [-0.2, 0) is 4.74 Å². The maximum Gasteiger partial charge on any atom is 0.0923 e. The minimum atomic E-state index is -0.974. The van der Waals surface area contributed by atoms with Gasteiger partial charge in [0.05, 0.1) is 23.4 Å². The summed E-state index contributed by atoms with van der Waals surface area (Å²) in [6, 6.07) is 0. The minimum absolute atomic E-state index is 0.0148. The van der Waals surface area contributed by atoms with Crippen LogP contribution in [0.15, 0.2) is 23.8 Å². The molecule has 132 valence electrons. The molecule has 0 amide bonds. The molecule has 2 aliphatic rings. The van der Waals surface area contributed by atoms with Gasteiger partial charge < -0.3 is 14.9 Å². The molecule has 1 saturated heterocycles. The number of allylic oxidation sites excluding steroid dienone is 1. The fourth-order valence-corrected chi connectivity index (χ4v) is 3.68. The van der Waals surface area contributed by atoms with Gasteiger partial charge in [0.15, 0.2) is 0 Å². The molecule has 1 aliphatic heterocycles. The van der Waals surface area contributed by atoms with Crippen LogP contribution in [0.1, 0.15) is 66.7 Å². The number of rotatable bonds is 1. The molecule has 2 N–H and O–H groups in total. The first-order valence-electron chi connectivity index (χ1n) is 9.06. The van der Waals surface area contributed by atoms with Crippen molar-refractivity contribution in [2.75, 3.05) is 0 Å². The van der Waals surface area contributed by atoms with Crippen LogP contribution in [0.3, 0.4) is 0 Å². The van der Waals surface area contributed by atoms with Crippen LogP contribution in [0.25, 0.3) is 0 Å². The van der Waals surface area contributed by atoms with E-state index in [1.165, 1.54) is 0 Å². The van der Waals surface area contributed by atoms with Gasteiger partial charge >= 0.3 is 0 Å². The molecule has 5 unspecified atom stereocenters. The smallest absolute Gasteiger partial charge is 0.0923 e. The predicted octanol–water partition coefficient (Wildman–Crippen LogP) is 3.99. The van der Waals surface area contributed by atoms with Crippen LogP contribution < -0.4 is 0 Å². The lowest BCUT2D eigenvalue weighted by Gasteiger charge is -2.24. The van der Waals surface area contributed by atoms with E-state index >= 15 is 0 Å². The Morgan fingerprint density at radius 2 is 2.00 bits per heavy atom. The monoisotopic (exact) mass is 322 g/mol. The van der Waals surface area contributed by atoms with Crippen molar-refractivity contribution in [2.24, 2.45) is 11.8 Å². The number of fused-ring (bicyclic) bond motifs is 1. The topological polar surface area (TPSA) is 53.0 Å². The number of aliphatic hydroxyl groups is 2. The van der Waals surface area contributed by atoms with Crippen LogP contribution in [0.4, 0.5) is 0 Å². The molecule has 0 saturated carbocycles. The molecule has 3 heteroatoms. The van der Waals surface area contributed by atoms with Gasteiger partial charge in [0.2, 0.25) is 0 Å². The standard InChI is InChI=1S/C20H34O3/c1-14(2)16-7-6-9-20(5)18(23-20)12-15(3)11-17(21)13-19(4,22)10-8-16/h8,10-11,14,16-18,21-22H,6-7,9,12-13H2,1-5H3. The SMILES string of the molecule is CC1=CC(O)CC(C)(O)C=CC(C(C)C)CCCC2(C)OC2C1. The summed E-state index contributed by atoms with van der Waals surface area (Å²) < 4.78 is 5.93. The molecule has 23 heavy (non-hydrogen) atoms. The Morgan fingerprint density at radius 1 is 1.30 bits per heavy atom. The average Bonchev–Trinajstić information content (AvgIpc) is 3.01. The fraction of sp³-hybridized carbons (Fsp3) is 0.800. The van der Waals surface area contributed by atoms with Gasteiger partial charge in [-0.05, 0) is 58.3 Å². The molecule has 0 radical (unpaired) electrons. The van der Waals surface area contributed by atoms with Crippen LogP contribution in [-0.4, -0.2) is 33.6 Å². The number of aliphatic hydroxyl groups excluding tert-OH is 1. The first kappa shape index (κ1) is 18.7. The molecule has 0 spiro atoms. The van der Waals surface area contributed by atoms with E-state index in [1.807, 2.05) is 19.1 Å². The molecule has 2 rings (SSSR count). The molecule has 0 aromatic rings. The van der Waals surface area contributed by atoms with Gasteiger partial charge in [-0.3, -0.25) is 0 Å². The van der Waals surface area contributed by atoms with E-state index in [2.05, 4.69) is 26.8 Å². The zero-order chi connectivity index (χ0) is 17.3. The van der Waals surface area contributed by atoms with Gasteiger partial charge in [0, 0.05) is 6.42 Å². The van der Waals surface area contributed by atoms with E-state index < -0.39 is 11.7 Å². The summed E-state index contributed by atoms with van der Waals surface area (Å²) in [5, 5.41) is 20.8. The Hall–Kier alpha value is -0.640. The molecule has 1 heterocycles. The summed E-state index contributed by atoms with van der Waals surface area (Å²) in [5.41, 5.74) is 0.182. The minimum Gasteiger partial charge on any atom is -0.389 e. The van der Waals surface area contributed by atoms with Crippen molar-refractivity contribution in [3.8, 4) is 0 Å². The predicted molar refractivity (Wildman–Crippen MR) is 94.2 cm³/mol. The number of epoxide rings is 1. The Labute approximate surface area is 141 Å². The second-order valence-electron chi connectivity index (χ2n) is 8.42. The molecular weight excluding hydrogens is 288 g/mol. The normalized spacial score (nSPS) is 42.8. The second-order valence-corrected chi connectivity index (χ2v) is 8.42. The zero-order valence-corrected chi connectivity index (χ0v) is 15.4. The Balaban J connectivity index is 2.16. The summed E-state index contributed by atoms with van der Waals surface area (Å²) in [6.45, 7) is 10.5. The summed E-state index contributed by atoms with van der Waals surface area (Å²) in [5.74, 6) is 1.00. The van der Waals surface area contributed by atoms with Crippen molar-refractivity contribution in [1.29, 1.82) is 0 Å². The number of ether oxygens (including phenoxy) is 1. The highest BCUT2D eigenvalue weighted by atomic mass is 16.6. The van der Waals surface area contributed by atoms with Crippen molar-refractivity contribution in [2.45, 2.75) is 90.1 Å². The van der Waals surface area contributed by atoms with Gasteiger partial charge in [0.25, 0.3) is 0 Å². The molecule has 0 bridgehead atoms. The lowest BCUT2D eigenvalue weighted by Crippen LogP contribution is -2.27. The highest BCUT2D eigenvalue weighted by molar-refractivity contribution is 5.13. The number of hydrogen-bond acceptors (Lipinski definition) is 3. The molecule has 1 fully saturated rings. The Kier molecular flexibility index (Phi) is 5.76. The van der Waals surface area contributed by atoms with Crippen molar-refractivity contribution in [3.63, 3.8) is 0 Å². The summed E-state index contributed by atoms with van der Waals surface area (Å²) in [7, 11) is 0. The van der Waals surface area contributed by atoms with Gasteiger partial charge in [-0.15, -0.1) is 0 Å². The molecular formula is C20H34O3. The lowest BCUT2D eigenvalue weighted by atomic mass is 9.85. The molecule has 0 aromatic heterocycles. The van der Waals surface area contributed by atoms with Crippen LogP contribution >= 0.6 is 0 Å². The van der Waals surface area contributed by atoms with Crippen molar-refractivity contribution in [3.05, 3.63) is 23.8 Å². The van der Waals surface area contributed by atoms with Crippen LogP contribution in [0.2, 0.25) is 0 Å². The van der Waals surface area contributed by atoms with E-state index in [0.29, 0.717) is 18.3 Å². The first-order chi connectivity index (χ1) is 10.6. The van der Waals surface area contributed by atoms with E-state index in [4.69, 9.17) is 4.74 Å². The maximum atomic E-state index is 10.5. The quantitative estimate of drug-likeness (QED) is 0.567. The largest absolute Gasteiger partial charge is 0.389 e. The van der Waals surface area contributed by atoms with E-state index in [0.717, 1.165) is 31.3 Å². The summed E-state index contributed by atoms with van der Waals surface area (Å²) >= 11 is 0. The zero-order valence-electron chi connectivity index (χ0n) is 15.4. The summed E-state index contributed by atoms with van der Waals surface area (Å²) in [6.07, 6.45) is 10.1. The third-order valence-electron chi connectivity index (χ3n) is 5.41. The second kappa shape index (κ2) is 7.08. The van der Waals surface area contributed by atoms with Crippen LogP contribution in [0.5, 0.6) is 0 Å². The van der Waals surface area contributed by atoms with Gasteiger partial charge in [-0.2, -0.15) is 0 Å². The highest BCUT2D eigenvalue weighted by Gasteiger charge is 2.51. The van der Waals surface area contributed by atoms with E-state index in [1.54, 1.807) is 6.92 Å². The van der Waals surface area contributed by atoms with Crippen molar-refractivity contribution >= 4 is 0 Å². The van der Waals surface area contributed by atoms with Crippen molar-refractivity contribution < 1.29 is 14.9 Å². The third-order valence-corrected chi connectivity index (χ3v) is 5.41. The van der Waals surface area contributed by atoms with Crippen molar-refractivity contribution in [1.82, 2.24) is 0 Å². The number of hydrogen-bond donors (Lipinski definition) is 2. The highest BCUT2D eigenvalue weighted by Crippen LogP contribution is 2.44. The lowest BCUT2D eigenvalue weighted by molar-refractivity contribution is 0.0564. The molecule has 1 aliphatic carbocycles. The Morgan fingerprint density at radius 3 is 2.65 bits per heavy atom. The molecule has 3 nitrogen and oxygen atoms in total. The Bertz CT molecular complexity index is 464. The fourth-order valence-electron chi connectivity index (χ4n) is 3.68. The maximum absolute atomic E-state index is 10.5. The molecule has 5 atom stereocenters. The van der Waals surface area contributed by atoms with Gasteiger partial charge in [-0.25, -0.2) is 0 Å². The first-order valence-corrected chi connectivity index (χ1v) is 9.06. The van der Waals surface area contributed by atoms with Gasteiger partial charge in [0.1, 0.15) is 0 Å². The van der Waals surface area contributed by atoms with E-state index in [9.17, 15) is 10.2 Å². The van der Waals surface area contributed by atoms with E-state index in [-0.39, 0.29) is 11.7 Å².